The maximum Gasteiger partial charge on any atom is 0.458 e. The Bertz CT molecular complexity index is 1130. The van der Waals surface area contributed by atoms with E-state index in [0.717, 1.165) is 9.47 Å². The number of rotatable bonds is 12. The Morgan fingerprint density at radius 3 is 0.653 bits per heavy atom. The highest BCUT2D eigenvalue weighted by molar-refractivity contribution is 5.18. The van der Waals surface area contributed by atoms with Crippen LogP contribution in [-0.4, -0.2) is 72.3 Å². The minimum absolute atomic E-state index is 1.04. The number of ether oxygens (including phenoxy) is 3. The van der Waals surface area contributed by atoms with Gasteiger partial charge in [-0.05, 0) is 0 Å². The number of allylic oxidation sites excluding steroid dienone is 2. The molecule has 0 aliphatic carbocycles. The molecule has 0 heterocycles. The van der Waals surface area contributed by atoms with E-state index in [0.29, 0.717) is 0 Å². The van der Waals surface area contributed by atoms with Crippen LogP contribution >= 0.6 is 0 Å². The summed E-state index contributed by atoms with van der Waals surface area (Å²) >= 11 is 0. The Labute approximate surface area is 243 Å². The van der Waals surface area contributed by atoms with Crippen LogP contribution in [0, 0.1) is 0 Å². The summed E-state index contributed by atoms with van der Waals surface area (Å²) in [4.78, 5) is 0. The number of hydrogen-bond acceptors (Lipinski definition) is 3. The van der Waals surface area contributed by atoms with Crippen molar-refractivity contribution in [2.24, 2.45) is 0 Å². The van der Waals surface area contributed by atoms with Crippen molar-refractivity contribution in [3.05, 3.63) is 23.7 Å². The Kier molecular flexibility index (Phi) is 11.7. The highest BCUT2D eigenvalue weighted by atomic mass is 19.4. The van der Waals surface area contributed by atoms with Crippen molar-refractivity contribution in [3.63, 3.8) is 0 Å². The summed E-state index contributed by atoms with van der Waals surface area (Å²) < 4.78 is 392. The van der Waals surface area contributed by atoms with Gasteiger partial charge in [-0.2, -0.15) is 132 Å². The van der Waals surface area contributed by atoms with E-state index < -0.39 is 96.0 Å². The van der Waals surface area contributed by atoms with Crippen LogP contribution < -0.4 is 0 Å². The number of halogens is 30. The average molecular weight is 810 g/mol. The van der Waals surface area contributed by atoms with E-state index in [2.05, 4.69) is 0 Å². The largest absolute Gasteiger partial charge is 0.458 e. The van der Waals surface area contributed by atoms with E-state index in [1.165, 1.54) is 0 Å². The third-order valence-electron chi connectivity index (χ3n) is 4.59. The Morgan fingerprint density at radius 2 is 0.490 bits per heavy atom. The first-order valence-electron chi connectivity index (χ1n) is 9.89. The van der Waals surface area contributed by atoms with Gasteiger partial charge in [0.05, 0.1) is 0 Å². The first kappa shape index (κ1) is 46.1. The van der Waals surface area contributed by atoms with Crippen LogP contribution in [0.1, 0.15) is 0 Å². The molecule has 0 fully saturated rings. The minimum Gasteiger partial charge on any atom is -0.400 e. The van der Waals surface area contributed by atoms with E-state index in [1.54, 1.807) is 4.74 Å². The SMILES string of the molecule is FC(OC(F)=C(F)C(F)(F)C(F)(F)C(F)(F)OC(F)(C(F)(F)F)C(F)(F)F)=C(F)C(F)(F)C(F)(F)C(F)(F)OC(F)(C(F)(F)F)C(F)(F)F. The fraction of sp³-hybridized carbons (Fsp3) is 0.750. The lowest BCUT2D eigenvalue weighted by Crippen LogP contribution is -2.64. The second-order valence-electron chi connectivity index (χ2n) is 7.99. The van der Waals surface area contributed by atoms with Crippen LogP contribution in [0.15, 0.2) is 23.7 Å². The van der Waals surface area contributed by atoms with Crippen molar-refractivity contribution in [1.82, 2.24) is 0 Å². The quantitative estimate of drug-likeness (QED) is 0.145. The molecule has 33 heteroatoms. The van der Waals surface area contributed by atoms with Gasteiger partial charge in [-0.25, -0.2) is 0 Å². The molecule has 0 N–H and O–H groups in total. The van der Waals surface area contributed by atoms with Crippen molar-refractivity contribution in [1.29, 1.82) is 0 Å². The molecule has 0 bridgehead atoms. The van der Waals surface area contributed by atoms with Gasteiger partial charge in [-0.15, -0.1) is 0 Å². The Balaban J connectivity index is 6.95. The molecule has 0 amide bonds. The lowest BCUT2D eigenvalue weighted by molar-refractivity contribution is -0.513. The molecule has 0 unspecified atom stereocenters. The van der Waals surface area contributed by atoms with Crippen LogP contribution in [-0.2, 0) is 14.2 Å². The third kappa shape index (κ3) is 7.58. The van der Waals surface area contributed by atoms with Crippen molar-refractivity contribution in [3.8, 4) is 0 Å². The molecule has 0 aromatic heterocycles. The molecule has 3 nitrogen and oxygen atoms in total. The summed E-state index contributed by atoms with van der Waals surface area (Å²) in [5.74, 6) is -60.8. The molecule has 0 aromatic rings. The van der Waals surface area contributed by atoms with Gasteiger partial charge in [0, 0.05) is 0 Å². The summed E-state index contributed by atoms with van der Waals surface area (Å²) in [5.41, 5.74) is 0. The molecule has 0 saturated carbocycles. The summed E-state index contributed by atoms with van der Waals surface area (Å²) in [6.45, 7) is 0. The van der Waals surface area contributed by atoms with E-state index in [1.807, 2.05) is 0 Å². The first-order valence-corrected chi connectivity index (χ1v) is 9.89. The van der Waals surface area contributed by atoms with E-state index >= 15 is 0 Å². The van der Waals surface area contributed by atoms with Gasteiger partial charge in [-0.3, -0.25) is 9.47 Å². The molecule has 0 radical (unpaired) electrons. The molecule has 0 spiro atoms. The predicted octanol–water partition coefficient (Wildman–Crippen LogP) is 10.6. The summed E-state index contributed by atoms with van der Waals surface area (Å²) in [7, 11) is 0. The second kappa shape index (κ2) is 12.4. The molecule has 0 aliphatic heterocycles. The van der Waals surface area contributed by atoms with Crippen molar-refractivity contribution in [2.75, 3.05) is 0 Å². The number of hydrogen-bond donors (Lipinski definition) is 0. The fourth-order valence-corrected chi connectivity index (χ4v) is 2.09. The van der Waals surface area contributed by atoms with Crippen LogP contribution in [0.25, 0.3) is 0 Å². The van der Waals surface area contributed by atoms with Gasteiger partial charge >= 0.3 is 84.3 Å². The zero-order valence-corrected chi connectivity index (χ0v) is 20.6. The van der Waals surface area contributed by atoms with Gasteiger partial charge in [0.15, 0.2) is 0 Å². The molecular weight excluding hydrogens is 810 g/mol. The van der Waals surface area contributed by atoms with Gasteiger partial charge in [-0.1, -0.05) is 0 Å². The van der Waals surface area contributed by atoms with E-state index in [9.17, 15) is 132 Å². The molecular formula is C16F30O3. The van der Waals surface area contributed by atoms with Crippen LogP contribution in [0.3, 0.4) is 0 Å². The van der Waals surface area contributed by atoms with Crippen LogP contribution in [0.2, 0.25) is 0 Å². The normalized spacial score (nSPS) is 17.2. The van der Waals surface area contributed by atoms with Gasteiger partial charge in [0.2, 0.25) is 11.7 Å². The predicted molar refractivity (Wildman–Crippen MR) is 83.3 cm³/mol. The zero-order chi connectivity index (χ0) is 40.4. The Hall–Kier alpha value is -2.90. The summed E-state index contributed by atoms with van der Waals surface area (Å²) in [6.07, 6.45) is -48.7. The smallest absolute Gasteiger partial charge is 0.400 e. The standard InChI is InChI=1S/C16F30O3/c17-1(5(21,22)7(25,26)15(43,44)48-9(29,11(31,32)33)12(34,35)36)3(19)47-4(20)2(18)6(23,24)8(27,28)16(45,46)49-10(30,13(37,38)39)14(40,41)42. The first-order chi connectivity index (χ1) is 20.8. The summed E-state index contributed by atoms with van der Waals surface area (Å²) in [5, 5.41) is 0. The molecule has 292 valence electrons. The van der Waals surface area contributed by atoms with Crippen molar-refractivity contribution in [2.45, 2.75) is 72.3 Å². The molecule has 0 atom stereocenters. The highest BCUT2D eigenvalue weighted by Crippen LogP contribution is 2.58. The minimum atomic E-state index is -8.57. The maximum atomic E-state index is 13.5. The van der Waals surface area contributed by atoms with Crippen LogP contribution in [0.4, 0.5) is 132 Å². The lowest BCUT2D eigenvalue weighted by atomic mass is 10.1. The van der Waals surface area contributed by atoms with Crippen molar-refractivity contribution >= 4 is 0 Å². The van der Waals surface area contributed by atoms with Gasteiger partial charge in [0.25, 0.3) is 0 Å². The molecule has 0 saturated heterocycles. The lowest BCUT2D eigenvalue weighted by Gasteiger charge is -2.37. The van der Waals surface area contributed by atoms with Gasteiger partial charge < -0.3 is 4.74 Å². The fourth-order valence-electron chi connectivity index (χ4n) is 2.09. The monoisotopic (exact) mass is 810 g/mol. The highest BCUT2D eigenvalue weighted by Gasteiger charge is 2.85. The topological polar surface area (TPSA) is 27.7 Å². The van der Waals surface area contributed by atoms with E-state index in [4.69, 9.17) is 0 Å². The number of alkyl halides is 26. The molecule has 49 heavy (non-hydrogen) atoms. The average Bonchev–Trinajstić information content (AvgIpc) is 2.83. The molecule has 0 aliphatic rings. The van der Waals surface area contributed by atoms with Crippen LogP contribution in [0.5, 0.6) is 0 Å². The summed E-state index contributed by atoms with van der Waals surface area (Å²) in [6, 6.07) is -10.1. The van der Waals surface area contributed by atoms with Crippen molar-refractivity contribution < 1.29 is 146 Å². The van der Waals surface area contributed by atoms with E-state index in [-0.39, 0.29) is 0 Å². The zero-order valence-electron chi connectivity index (χ0n) is 20.6. The Morgan fingerprint density at radius 1 is 0.306 bits per heavy atom. The maximum absolute atomic E-state index is 13.5. The van der Waals surface area contributed by atoms with Gasteiger partial charge in [0.1, 0.15) is 0 Å². The molecule has 0 aromatic carbocycles. The molecule has 0 rings (SSSR count). The second-order valence-corrected chi connectivity index (χ2v) is 7.99. The third-order valence-corrected chi connectivity index (χ3v) is 4.59.